The van der Waals surface area contributed by atoms with Crippen molar-refractivity contribution in [1.29, 1.82) is 0 Å². The average Bonchev–Trinajstić information content (AvgIpc) is 2.99. The minimum Gasteiger partial charge on any atom is -0.358 e. The van der Waals surface area contributed by atoms with Gasteiger partial charge in [-0.1, -0.05) is 30.3 Å². The van der Waals surface area contributed by atoms with Gasteiger partial charge in [-0.3, -0.25) is 4.79 Å². The number of para-hydroxylation sites is 1. The molecule has 1 aliphatic rings. The third-order valence-electron chi connectivity index (χ3n) is 5.47. The summed E-state index contributed by atoms with van der Waals surface area (Å²) >= 11 is 0. The van der Waals surface area contributed by atoms with Crippen LogP contribution in [0.3, 0.4) is 0 Å². The molecule has 3 nitrogen and oxygen atoms in total. The largest absolute Gasteiger partial charge is 0.358 e. The highest BCUT2D eigenvalue weighted by molar-refractivity contribution is 5.85. The second-order valence-corrected chi connectivity index (χ2v) is 7.17. The second-order valence-electron chi connectivity index (χ2n) is 7.17. The minimum atomic E-state index is -0.267. The van der Waals surface area contributed by atoms with Gasteiger partial charge in [-0.15, -0.1) is 0 Å². The van der Waals surface area contributed by atoms with Gasteiger partial charge >= 0.3 is 0 Å². The number of aryl methyl sites for hydroxylation is 1. The number of hydrogen-bond donors (Lipinski definition) is 1. The lowest BCUT2D eigenvalue weighted by molar-refractivity contribution is -0.131. The number of H-pyrrole nitrogens is 1. The molecule has 0 atom stereocenters. The summed E-state index contributed by atoms with van der Waals surface area (Å²) in [5.41, 5.74) is 4.70. The summed E-state index contributed by atoms with van der Waals surface area (Å²) in [6, 6.07) is 14.6. The molecule has 4 rings (SSSR count). The Morgan fingerprint density at radius 3 is 2.54 bits per heavy atom. The Hall–Kier alpha value is -2.62. The molecule has 4 heteroatoms. The fourth-order valence-electron chi connectivity index (χ4n) is 4.13. The van der Waals surface area contributed by atoms with Crippen molar-refractivity contribution in [3.05, 3.63) is 71.2 Å². The molecule has 2 heterocycles. The normalized spacial score (nSPS) is 15.5. The van der Waals surface area contributed by atoms with E-state index in [1.165, 1.54) is 34.3 Å². The van der Waals surface area contributed by atoms with Gasteiger partial charge in [0.2, 0.25) is 5.91 Å². The first-order valence-electron chi connectivity index (χ1n) is 9.21. The van der Waals surface area contributed by atoms with Crippen LogP contribution in [0.5, 0.6) is 0 Å². The van der Waals surface area contributed by atoms with Crippen LogP contribution in [-0.4, -0.2) is 28.9 Å². The van der Waals surface area contributed by atoms with Gasteiger partial charge < -0.3 is 9.88 Å². The molecule has 0 unspecified atom stereocenters. The van der Waals surface area contributed by atoms with Crippen molar-refractivity contribution in [2.24, 2.45) is 0 Å². The van der Waals surface area contributed by atoms with E-state index >= 15 is 0 Å². The minimum absolute atomic E-state index is 0.130. The van der Waals surface area contributed by atoms with Gasteiger partial charge in [-0.25, -0.2) is 4.39 Å². The van der Waals surface area contributed by atoms with Crippen molar-refractivity contribution in [3.63, 3.8) is 0 Å². The monoisotopic (exact) mass is 350 g/mol. The zero-order valence-corrected chi connectivity index (χ0v) is 15.0. The fourth-order valence-corrected chi connectivity index (χ4v) is 4.13. The number of aromatic amines is 1. The number of amides is 1. The van der Waals surface area contributed by atoms with Crippen molar-refractivity contribution in [2.75, 3.05) is 13.1 Å². The van der Waals surface area contributed by atoms with E-state index in [2.05, 4.69) is 36.2 Å². The van der Waals surface area contributed by atoms with Gasteiger partial charge in [0.15, 0.2) is 0 Å². The van der Waals surface area contributed by atoms with Crippen molar-refractivity contribution >= 4 is 16.8 Å². The summed E-state index contributed by atoms with van der Waals surface area (Å²) < 4.78 is 13.0. The molecule has 1 aromatic heterocycles. The van der Waals surface area contributed by atoms with Gasteiger partial charge in [-0.05, 0) is 55.0 Å². The Labute approximate surface area is 152 Å². The van der Waals surface area contributed by atoms with E-state index in [0.29, 0.717) is 12.3 Å². The van der Waals surface area contributed by atoms with E-state index in [0.717, 1.165) is 31.5 Å². The lowest BCUT2D eigenvalue weighted by Crippen LogP contribution is -2.38. The molecule has 1 fully saturated rings. The third-order valence-corrected chi connectivity index (χ3v) is 5.47. The van der Waals surface area contributed by atoms with Crippen LogP contribution < -0.4 is 0 Å². The first-order valence-corrected chi connectivity index (χ1v) is 9.21. The topological polar surface area (TPSA) is 36.1 Å². The van der Waals surface area contributed by atoms with Gasteiger partial charge in [0.25, 0.3) is 0 Å². The highest BCUT2D eigenvalue weighted by Crippen LogP contribution is 2.35. The highest BCUT2D eigenvalue weighted by atomic mass is 19.1. The molecule has 0 aliphatic carbocycles. The maximum atomic E-state index is 13.0. The standard InChI is InChI=1S/C22H23FN2O/c1-15-22(19-4-2-3-5-20(19)24-15)17-10-12-25(13-11-17)21(26)14-16-6-8-18(23)9-7-16/h2-9,17,24H,10-14H2,1H3. The lowest BCUT2D eigenvalue weighted by atomic mass is 9.87. The molecule has 1 aliphatic heterocycles. The predicted molar refractivity (Wildman–Crippen MR) is 102 cm³/mol. The maximum Gasteiger partial charge on any atom is 0.226 e. The van der Waals surface area contributed by atoms with E-state index in [-0.39, 0.29) is 11.7 Å². The molecule has 2 aromatic carbocycles. The number of aromatic nitrogens is 1. The third kappa shape index (κ3) is 3.24. The van der Waals surface area contributed by atoms with Gasteiger partial charge in [0.05, 0.1) is 6.42 Å². The van der Waals surface area contributed by atoms with Crippen molar-refractivity contribution < 1.29 is 9.18 Å². The number of rotatable bonds is 3. The predicted octanol–water partition coefficient (Wildman–Crippen LogP) is 4.56. The SMILES string of the molecule is Cc1[nH]c2ccccc2c1C1CCN(C(=O)Cc2ccc(F)cc2)CC1. The number of carbonyl (C=O) groups is 1. The van der Waals surface area contributed by atoms with Crippen LogP contribution in [0.4, 0.5) is 4.39 Å². The quantitative estimate of drug-likeness (QED) is 0.738. The van der Waals surface area contributed by atoms with E-state index in [9.17, 15) is 9.18 Å². The van der Waals surface area contributed by atoms with E-state index in [1.807, 2.05) is 4.90 Å². The number of halogens is 1. The van der Waals surface area contributed by atoms with Crippen molar-refractivity contribution in [3.8, 4) is 0 Å². The molecule has 0 spiro atoms. The second kappa shape index (κ2) is 6.94. The zero-order valence-electron chi connectivity index (χ0n) is 15.0. The van der Waals surface area contributed by atoms with Gasteiger partial charge in [0, 0.05) is 29.7 Å². The van der Waals surface area contributed by atoms with Crippen LogP contribution in [-0.2, 0) is 11.2 Å². The molecular formula is C22H23FN2O. The lowest BCUT2D eigenvalue weighted by Gasteiger charge is -2.32. The van der Waals surface area contributed by atoms with Crippen LogP contribution in [0.1, 0.15) is 35.6 Å². The summed E-state index contributed by atoms with van der Waals surface area (Å²) in [6.45, 7) is 3.70. The molecule has 26 heavy (non-hydrogen) atoms. The van der Waals surface area contributed by atoms with Crippen LogP contribution in [0.25, 0.3) is 10.9 Å². The van der Waals surface area contributed by atoms with Gasteiger partial charge in [0.1, 0.15) is 5.82 Å². The zero-order chi connectivity index (χ0) is 18.1. The molecule has 1 N–H and O–H groups in total. The summed E-state index contributed by atoms with van der Waals surface area (Å²) in [5.74, 6) is 0.350. The van der Waals surface area contributed by atoms with Crippen LogP contribution >= 0.6 is 0 Å². The summed E-state index contributed by atoms with van der Waals surface area (Å²) in [7, 11) is 0. The number of carbonyl (C=O) groups excluding carboxylic acids is 1. The van der Waals surface area contributed by atoms with E-state index in [4.69, 9.17) is 0 Å². The molecule has 0 bridgehead atoms. The maximum absolute atomic E-state index is 13.0. The Balaban J connectivity index is 1.43. The smallest absolute Gasteiger partial charge is 0.226 e. The highest BCUT2D eigenvalue weighted by Gasteiger charge is 2.26. The first-order chi connectivity index (χ1) is 12.6. The summed E-state index contributed by atoms with van der Waals surface area (Å²) in [5, 5.41) is 1.31. The number of likely N-dealkylation sites (tertiary alicyclic amines) is 1. The number of nitrogens with zero attached hydrogens (tertiary/aromatic N) is 1. The fraction of sp³-hybridized carbons (Fsp3) is 0.318. The number of nitrogens with one attached hydrogen (secondary N) is 1. The summed E-state index contributed by atoms with van der Waals surface area (Å²) in [4.78, 5) is 18.0. The Kier molecular flexibility index (Phi) is 4.49. The van der Waals surface area contributed by atoms with E-state index in [1.54, 1.807) is 12.1 Å². The molecule has 134 valence electrons. The molecule has 0 radical (unpaired) electrons. The first kappa shape index (κ1) is 16.8. The van der Waals surface area contributed by atoms with Crippen molar-refractivity contribution in [2.45, 2.75) is 32.1 Å². The van der Waals surface area contributed by atoms with E-state index < -0.39 is 0 Å². The van der Waals surface area contributed by atoms with Crippen LogP contribution in [0.15, 0.2) is 48.5 Å². The van der Waals surface area contributed by atoms with Crippen LogP contribution in [0, 0.1) is 12.7 Å². The molecular weight excluding hydrogens is 327 g/mol. The number of fused-ring (bicyclic) bond motifs is 1. The Morgan fingerprint density at radius 2 is 1.81 bits per heavy atom. The number of piperidine rings is 1. The Morgan fingerprint density at radius 1 is 1.12 bits per heavy atom. The van der Waals surface area contributed by atoms with Crippen LogP contribution in [0.2, 0.25) is 0 Å². The molecule has 1 saturated heterocycles. The molecule has 3 aromatic rings. The Bertz CT molecular complexity index is 921. The van der Waals surface area contributed by atoms with Gasteiger partial charge in [-0.2, -0.15) is 0 Å². The number of hydrogen-bond acceptors (Lipinski definition) is 1. The molecule has 1 amide bonds. The molecule has 0 saturated carbocycles. The average molecular weight is 350 g/mol. The summed E-state index contributed by atoms with van der Waals surface area (Å²) in [6.07, 6.45) is 2.31. The number of benzene rings is 2. The van der Waals surface area contributed by atoms with Crippen molar-refractivity contribution in [1.82, 2.24) is 9.88 Å².